The van der Waals surface area contributed by atoms with E-state index in [9.17, 15) is 13.2 Å². The second-order valence-electron chi connectivity index (χ2n) is 4.95. The molecule has 0 aliphatic heterocycles. The molecule has 0 spiro atoms. The number of carbonyl (C=O) groups excluding carboxylic acids is 1. The molecule has 1 aromatic carbocycles. The Labute approximate surface area is 144 Å². The van der Waals surface area contributed by atoms with Gasteiger partial charge in [0.1, 0.15) is 0 Å². The molecule has 1 heterocycles. The van der Waals surface area contributed by atoms with Crippen LogP contribution in [0, 0.1) is 13.8 Å². The van der Waals surface area contributed by atoms with E-state index in [4.69, 9.17) is 11.6 Å². The molecule has 24 heavy (non-hydrogen) atoms. The summed E-state index contributed by atoms with van der Waals surface area (Å²) in [6, 6.07) is 7.54. The van der Waals surface area contributed by atoms with Gasteiger partial charge < -0.3 is 0 Å². The molecule has 2 rings (SSSR count). The van der Waals surface area contributed by atoms with E-state index in [0.29, 0.717) is 22.0 Å². The average Bonchev–Trinajstić information content (AvgIpc) is 2.44. The average molecular weight is 370 g/mol. The van der Waals surface area contributed by atoms with Gasteiger partial charge in [-0.05, 0) is 31.5 Å². The van der Waals surface area contributed by atoms with Crippen LogP contribution in [0.4, 0.5) is 10.7 Å². The fourth-order valence-electron chi connectivity index (χ4n) is 1.88. The number of aromatic nitrogens is 2. The number of halogens is 1. The molecule has 2 amide bonds. The van der Waals surface area contributed by atoms with Gasteiger partial charge in [-0.3, -0.25) is 5.32 Å². The van der Waals surface area contributed by atoms with E-state index >= 15 is 0 Å². The first-order valence-electron chi connectivity index (χ1n) is 6.89. The lowest BCUT2D eigenvalue weighted by atomic mass is 10.2. The predicted octanol–water partition coefficient (Wildman–Crippen LogP) is 1.90. The van der Waals surface area contributed by atoms with Crippen molar-refractivity contribution in [2.45, 2.75) is 20.4 Å². The maximum absolute atomic E-state index is 11.9. The first-order chi connectivity index (χ1) is 11.2. The van der Waals surface area contributed by atoms with Crippen molar-refractivity contribution >= 4 is 33.8 Å². The highest BCUT2D eigenvalue weighted by Gasteiger charge is 2.15. The number of hydrogen-bond acceptors (Lipinski definition) is 5. The van der Waals surface area contributed by atoms with Crippen molar-refractivity contribution in [1.82, 2.24) is 19.4 Å². The van der Waals surface area contributed by atoms with Crippen LogP contribution in [-0.2, 0) is 16.8 Å². The second-order valence-corrected chi connectivity index (χ2v) is 6.85. The number of carbonyl (C=O) groups is 1. The zero-order valence-corrected chi connectivity index (χ0v) is 14.6. The molecule has 0 unspecified atom stereocenters. The van der Waals surface area contributed by atoms with Crippen LogP contribution in [0.5, 0.6) is 0 Å². The van der Waals surface area contributed by atoms with E-state index in [0.717, 1.165) is 0 Å². The molecule has 0 atom stereocenters. The van der Waals surface area contributed by atoms with Crippen molar-refractivity contribution < 1.29 is 13.2 Å². The number of nitrogens with zero attached hydrogens (tertiary/aromatic N) is 2. The molecule has 10 heteroatoms. The molecule has 0 radical (unpaired) electrons. The molecule has 128 valence electrons. The van der Waals surface area contributed by atoms with Crippen molar-refractivity contribution in [3.63, 3.8) is 0 Å². The largest absolute Gasteiger partial charge is 0.336 e. The molecular weight excluding hydrogens is 354 g/mol. The third kappa shape index (κ3) is 5.44. The summed E-state index contributed by atoms with van der Waals surface area (Å²) in [6.07, 6.45) is 0. The zero-order chi connectivity index (χ0) is 17.7. The van der Waals surface area contributed by atoms with Gasteiger partial charge in [-0.2, -0.15) is 13.1 Å². The van der Waals surface area contributed by atoms with E-state index in [1.54, 1.807) is 44.2 Å². The van der Waals surface area contributed by atoms with Crippen molar-refractivity contribution in [3.8, 4) is 0 Å². The normalized spacial score (nSPS) is 11.1. The van der Waals surface area contributed by atoms with Crippen LogP contribution in [0.2, 0.25) is 5.02 Å². The maximum Gasteiger partial charge on any atom is 0.336 e. The Hall–Kier alpha value is -2.23. The van der Waals surface area contributed by atoms with E-state index in [-0.39, 0.29) is 12.5 Å². The summed E-state index contributed by atoms with van der Waals surface area (Å²) in [7, 11) is -4.06. The molecular formula is C14H16ClN5O3S. The topological polar surface area (TPSA) is 113 Å². The molecule has 0 fully saturated rings. The van der Waals surface area contributed by atoms with E-state index in [2.05, 4.69) is 20.0 Å². The first kappa shape index (κ1) is 18.1. The summed E-state index contributed by atoms with van der Waals surface area (Å²) >= 11 is 5.94. The van der Waals surface area contributed by atoms with Gasteiger partial charge in [-0.15, -0.1) is 0 Å². The molecule has 0 aliphatic carbocycles. The number of benzene rings is 1. The summed E-state index contributed by atoms with van der Waals surface area (Å²) in [6.45, 7) is 3.42. The van der Waals surface area contributed by atoms with E-state index < -0.39 is 16.2 Å². The lowest BCUT2D eigenvalue weighted by Gasteiger charge is -2.10. The lowest BCUT2D eigenvalue weighted by molar-refractivity contribution is 0.256. The third-order valence-corrected chi connectivity index (χ3v) is 4.19. The fourth-order valence-corrected chi connectivity index (χ4v) is 2.80. The van der Waals surface area contributed by atoms with Crippen LogP contribution in [0.3, 0.4) is 0 Å². The molecule has 8 nitrogen and oxygen atoms in total. The summed E-state index contributed by atoms with van der Waals surface area (Å²) in [4.78, 5) is 19.8. The lowest BCUT2D eigenvalue weighted by Crippen LogP contribution is -2.42. The minimum Gasteiger partial charge on any atom is -0.275 e. The quantitative estimate of drug-likeness (QED) is 0.745. The highest BCUT2D eigenvalue weighted by atomic mass is 35.5. The minimum absolute atomic E-state index is 0.0197. The van der Waals surface area contributed by atoms with E-state index in [1.807, 2.05) is 4.72 Å². The van der Waals surface area contributed by atoms with Crippen molar-refractivity contribution in [2.24, 2.45) is 0 Å². The van der Waals surface area contributed by atoms with Gasteiger partial charge in [0.05, 0.1) is 0 Å². The number of anilines is 1. The van der Waals surface area contributed by atoms with Crippen molar-refractivity contribution in [3.05, 3.63) is 52.3 Å². The van der Waals surface area contributed by atoms with Crippen molar-refractivity contribution in [2.75, 3.05) is 5.32 Å². The van der Waals surface area contributed by atoms with Gasteiger partial charge in [0.15, 0.2) is 0 Å². The number of urea groups is 1. The molecule has 0 saturated carbocycles. The van der Waals surface area contributed by atoms with Gasteiger partial charge in [0.2, 0.25) is 5.95 Å². The number of hydrogen-bond donors (Lipinski definition) is 3. The smallest absolute Gasteiger partial charge is 0.275 e. The third-order valence-electron chi connectivity index (χ3n) is 2.85. The number of nitrogens with one attached hydrogen (secondary N) is 3. The molecule has 2 aromatic rings. The Morgan fingerprint density at radius 2 is 1.79 bits per heavy atom. The Morgan fingerprint density at radius 1 is 1.17 bits per heavy atom. The number of rotatable bonds is 5. The van der Waals surface area contributed by atoms with Gasteiger partial charge in [-0.25, -0.2) is 19.5 Å². The van der Waals surface area contributed by atoms with Gasteiger partial charge in [-0.1, -0.05) is 29.8 Å². The predicted molar refractivity (Wildman–Crippen MR) is 90.9 cm³/mol. The SMILES string of the molecule is Cc1cc(C)nc(NC(=O)NS(=O)(=O)NCc2ccccc2Cl)n1. The van der Waals surface area contributed by atoms with E-state index in [1.165, 1.54) is 0 Å². The Morgan fingerprint density at radius 3 is 2.42 bits per heavy atom. The maximum atomic E-state index is 11.9. The van der Waals surface area contributed by atoms with Crippen LogP contribution in [0.15, 0.2) is 30.3 Å². The van der Waals surface area contributed by atoms with Crippen LogP contribution in [-0.4, -0.2) is 24.4 Å². The summed E-state index contributed by atoms with van der Waals surface area (Å²) < 4.78 is 27.8. The van der Waals surface area contributed by atoms with Crippen molar-refractivity contribution in [1.29, 1.82) is 0 Å². The monoisotopic (exact) mass is 369 g/mol. The van der Waals surface area contributed by atoms with Crippen LogP contribution >= 0.6 is 11.6 Å². The molecule has 3 N–H and O–H groups in total. The Balaban J connectivity index is 1.95. The summed E-state index contributed by atoms with van der Waals surface area (Å²) in [5.41, 5.74) is 1.89. The molecule has 1 aromatic heterocycles. The number of aryl methyl sites for hydroxylation is 2. The highest BCUT2D eigenvalue weighted by molar-refractivity contribution is 7.88. The molecule has 0 saturated heterocycles. The Kier molecular flexibility index (Phi) is 5.71. The van der Waals surface area contributed by atoms with Gasteiger partial charge >= 0.3 is 16.2 Å². The molecule has 0 bridgehead atoms. The standard InChI is InChI=1S/C14H16ClN5O3S/c1-9-7-10(2)18-13(17-9)19-14(21)20-24(22,23)16-8-11-5-3-4-6-12(11)15/h3-7,16H,8H2,1-2H3,(H2,17,18,19,20,21). The van der Waals surface area contributed by atoms with Crippen LogP contribution < -0.4 is 14.8 Å². The van der Waals surface area contributed by atoms with Crippen LogP contribution in [0.25, 0.3) is 0 Å². The fraction of sp³-hybridized carbons (Fsp3) is 0.214. The molecule has 0 aliphatic rings. The minimum atomic E-state index is -4.06. The highest BCUT2D eigenvalue weighted by Crippen LogP contribution is 2.14. The van der Waals surface area contributed by atoms with Gasteiger partial charge in [0.25, 0.3) is 0 Å². The number of amides is 2. The summed E-state index contributed by atoms with van der Waals surface area (Å²) in [5, 5.41) is 2.70. The first-order valence-corrected chi connectivity index (χ1v) is 8.75. The zero-order valence-electron chi connectivity index (χ0n) is 13.0. The summed E-state index contributed by atoms with van der Waals surface area (Å²) in [5.74, 6) is 0.0197. The van der Waals surface area contributed by atoms with Crippen LogP contribution in [0.1, 0.15) is 17.0 Å². The van der Waals surface area contributed by atoms with Gasteiger partial charge in [0, 0.05) is 23.0 Å². The second kappa shape index (κ2) is 7.56. The Bertz CT molecular complexity index is 837.